The molecule has 1 aromatic carbocycles. The van der Waals surface area contributed by atoms with Gasteiger partial charge in [-0.3, -0.25) is 4.99 Å². The lowest BCUT2D eigenvalue weighted by Crippen LogP contribution is -2.38. The van der Waals surface area contributed by atoms with Crippen molar-refractivity contribution in [3.05, 3.63) is 38.8 Å². The monoisotopic (exact) mass is 376 g/mol. The second-order valence-corrected chi connectivity index (χ2v) is 7.43. The van der Waals surface area contributed by atoms with Gasteiger partial charge in [0.05, 0.1) is 26.5 Å². The number of rotatable bonds is 6. The van der Waals surface area contributed by atoms with E-state index >= 15 is 0 Å². The maximum atomic E-state index is 5.42. The van der Waals surface area contributed by atoms with Crippen LogP contribution in [0.15, 0.2) is 17.1 Å². The molecule has 1 aromatic heterocycles. The average molecular weight is 377 g/mol. The van der Waals surface area contributed by atoms with Gasteiger partial charge in [0.2, 0.25) is 0 Å². The summed E-state index contributed by atoms with van der Waals surface area (Å²) in [6.45, 7) is 7.58. The lowest BCUT2D eigenvalue weighted by molar-refractivity contribution is 0.353. The molecule has 0 aliphatic heterocycles. The van der Waals surface area contributed by atoms with Crippen LogP contribution in [0.3, 0.4) is 0 Å². The number of thiazole rings is 1. The highest BCUT2D eigenvalue weighted by Gasteiger charge is 2.13. The largest absolute Gasteiger partial charge is 0.493 e. The van der Waals surface area contributed by atoms with Crippen molar-refractivity contribution in [3.8, 4) is 11.5 Å². The van der Waals surface area contributed by atoms with E-state index in [2.05, 4.69) is 34.0 Å². The van der Waals surface area contributed by atoms with Gasteiger partial charge < -0.3 is 19.7 Å². The van der Waals surface area contributed by atoms with Crippen molar-refractivity contribution in [2.24, 2.45) is 4.99 Å². The average Bonchev–Trinajstić information content (AvgIpc) is 2.94. The highest BCUT2D eigenvalue weighted by atomic mass is 32.1. The third kappa shape index (κ3) is 4.66. The van der Waals surface area contributed by atoms with Crippen LogP contribution in [0.1, 0.15) is 26.7 Å². The van der Waals surface area contributed by atoms with Crippen molar-refractivity contribution in [2.45, 2.75) is 33.9 Å². The number of methoxy groups -OCH3 is 2. The fraction of sp³-hybridized carbons (Fsp3) is 0.474. The Morgan fingerprint density at radius 3 is 2.38 bits per heavy atom. The summed E-state index contributed by atoms with van der Waals surface area (Å²) in [5.41, 5.74) is 3.40. The van der Waals surface area contributed by atoms with E-state index in [1.165, 1.54) is 4.88 Å². The Morgan fingerprint density at radius 2 is 1.85 bits per heavy atom. The molecule has 0 atom stereocenters. The summed E-state index contributed by atoms with van der Waals surface area (Å²) >= 11 is 1.72. The normalized spacial score (nSPS) is 11.4. The molecule has 0 amide bonds. The fourth-order valence-electron chi connectivity index (χ4n) is 2.68. The first-order valence-electron chi connectivity index (χ1n) is 8.45. The van der Waals surface area contributed by atoms with Crippen LogP contribution in [-0.2, 0) is 13.1 Å². The Morgan fingerprint density at radius 1 is 1.19 bits per heavy atom. The molecule has 0 radical (unpaired) electrons. The zero-order valence-electron chi connectivity index (χ0n) is 16.6. The Balaban J connectivity index is 2.08. The van der Waals surface area contributed by atoms with Gasteiger partial charge in [-0.1, -0.05) is 0 Å². The minimum Gasteiger partial charge on any atom is -0.493 e. The van der Waals surface area contributed by atoms with Crippen LogP contribution in [0.5, 0.6) is 11.5 Å². The van der Waals surface area contributed by atoms with Crippen LogP contribution >= 0.6 is 11.3 Å². The van der Waals surface area contributed by atoms with Crippen molar-refractivity contribution in [1.29, 1.82) is 0 Å². The van der Waals surface area contributed by atoms with E-state index in [0.29, 0.717) is 13.1 Å². The van der Waals surface area contributed by atoms with Crippen molar-refractivity contribution in [2.75, 3.05) is 28.3 Å². The van der Waals surface area contributed by atoms with Crippen LogP contribution in [-0.4, -0.2) is 44.2 Å². The van der Waals surface area contributed by atoms with E-state index in [4.69, 9.17) is 9.47 Å². The molecule has 0 saturated heterocycles. The number of aromatic nitrogens is 1. The van der Waals surface area contributed by atoms with Crippen molar-refractivity contribution < 1.29 is 9.47 Å². The number of hydrogen-bond donors (Lipinski definition) is 1. The number of ether oxygens (including phenoxy) is 2. The molecule has 0 aliphatic rings. The van der Waals surface area contributed by atoms with Crippen molar-refractivity contribution in [3.63, 3.8) is 0 Å². The molecule has 0 aliphatic carbocycles. The summed E-state index contributed by atoms with van der Waals surface area (Å²) < 4.78 is 10.8. The Hall–Kier alpha value is -2.28. The number of aryl methyl sites for hydroxylation is 3. The van der Waals surface area contributed by atoms with E-state index in [-0.39, 0.29) is 0 Å². The van der Waals surface area contributed by atoms with Crippen LogP contribution in [0.4, 0.5) is 0 Å². The fourth-order valence-corrected chi connectivity index (χ4v) is 3.55. The molecule has 1 N–H and O–H groups in total. The SMILES string of the molecule is CN=C(NCc1nc(C)c(C)s1)N(C)Cc1cc(OC)c(OC)cc1C. The van der Waals surface area contributed by atoms with Gasteiger partial charge in [0.1, 0.15) is 5.01 Å². The Kier molecular flexibility index (Phi) is 6.85. The topological polar surface area (TPSA) is 59.0 Å². The minimum atomic E-state index is 0.668. The molecule has 2 aromatic rings. The molecule has 0 fully saturated rings. The smallest absolute Gasteiger partial charge is 0.194 e. The second-order valence-electron chi connectivity index (χ2n) is 6.14. The minimum absolute atomic E-state index is 0.668. The predicted molar refractivity (Wildman–Crippen MR) is 108 cm³/mol. The number of nitrogens with one attached hydrogen (secondary N) is 1. The lowest BCUT2D eigenvalue weighted by Gasteiger charge is -2.23. The van der Waals surface area contributed by atoms with Gasteiger partial charge in [0.25, 0.3) is 0 Å². The quantitative estimate of drug-likeness (QED) is 0.619. The summed E-state index contributed by atoms with van der Waals surface area (Å²) in [7, 11) is 7.11. The van der Waals surface area contributed by atoms with Crippen LogP contribution in [0.2, 0.25) is 0 Å². The van der Waals surface area contributed by atoms with Gasteiger partial charge in [-0.05, 0) is 44.0 Å². The first kappa shape index (κ1) is 20.0. The Labute approximate surface area is 159 Å². The summed E-state index contributed by atoms with van der Waals surface area (Å²) in [6.07, 6.45) is 0. The summed E-state index contributed by atoms with van der Waals surface area (Å²) in [4.78, 5) is 12.3. The molecular weight excluding hydrogens is 348 g/mol. The summed E-state index contributed by atoms with van der Waals surface area (Å²) in [6, 6.07) is 4.02. The van der Waals surface area contributed by atoms with E-state index in [0.717, 1.165) is 39.3 Å². The number of aliphatic imine (C=N–C) groups is 1. The highest BCUT2D eigenvalue weighted by molar-refractivity contribution is 7.11. The van der Waals surface area contributed by atoms with E-state index in [1.807, 2.05) is 26.1 Å². The first-order valence-corrected chi connectivity index (χ1v) is 9.27. The molecular formula is C19H28N4O2S. The number of hydrogen-bond acceptors (Lipinski definition) is 5. The molecule has 0 saturated carbocycles. The van der Waals surface area contributed by atoms with E-state index in [9.17, 15) is 0 Å². The number of guanidine groups is 1. The molecule has 1 heterocycles. The van der Waals surface area contributed by atoms with Gasteiger partial charge in [-0.15, -0.1) is 11.3 Å². The molecule has 0 bridgehead atoms. The number of benzene rings is 1. The third-order valence-corrected chi connectivity index (χ3v) is 5.37. The second kappa shape index (κ2) is 8.89. The van der Waals surface area contributed by atoms with Crippen molar-refractivity contribution in [1.82, 2.24) is 15.2 Å². The van der Waals surface area contributed by atoms with Gasteiger partial charge >= 0.3 is 0 Å². The standard InChI is InChI=1S/C19H28N4O2S/c1-12-8-16(24-6)17(25-7)9-15(12)11-23(5)19(20-4)21-10-18-22-13(2)14(3)26-18/h8-9H,10-11H2,1-7H3,(H,20,21). The molecule has 26 heavy (non-hydrogen) atoms. The summed E-state index contributed by atoms with van der Waals surface area (Å²) in [5, 5.41) is 4.45. The zero-order chi connectivity index (χ0) is 19.3. The lowest BCUT2D eigenvalue weighted by atomic mass is 10.1. The molecule has 142 valence electrons. The van der Waals surface area contributed by atoms with E-state index in [1.54, 1.807) is 32.6 Å². The molecule has 2 rings (SSSR count). The van der Waals surface area contributed by atoms with Gasteiger partial charge in [0.15, 0.2) is 17.5 Å². The maximum Gasteiger partial charge on any atom is 0.194 e. The first-order chi connectivity index (χ1) is 12.4. The van der Waals surface area contributed by atoms with Crippen molar-refractivity contribution >= 4 is 17.3 Å². The maximum absolute atomic E-state index is 5.42. The Bertz CT molecular complexity index is 767. The molecule has 6 nitrogen and oxygen atoms in total. The van der Waals surface area contributed by atoms with Crippen LogP contribution in [0.25, 0.3) is 0 Å². The van der Waals surface area contributed by atoms with Gasteiger partial charge in [0, 0.05) is 25.5 Å². The van der Waals surface area contributed by atoms with Gasteiger partial charge in [-0.25, -0.2) is 4.98 Å². The zero-order valence-corrected chi connectivity index (χ0v) is 17.5. The third-order valence-electron chi connectivity index (χ3n) is 4.29. The molecule has 7 heteroatoms. The van der Waals surface area contributed by atoms with Crippen LogP contribution < -0.4 is 14.8 Å². The predicted octanol–water partition coefficient (Wildman–Crippen LogP) is 3.29. The summed E-state index contributed by atoms with van der Waals surface area (Å²) in [5.74, 6) is 2.30. The van der Waals surface area contributed by atoms with Gasteiger partial charge in [-0.2, -0.15) is 0 Å². The van der Waals surface area contributed by atoms with Crippen LogP contribution in [0, 0.1) is 20.8 Å². The number of nitrogens with zero attached hydrogens (tertiary/aromatic N) is 3. The molecule has 0 unspecified atom stereocenters. The van der Waals surface area contributed by atoms with E-state index < -0.39 is 0 Å². The highest BCUT2D eigenvalue weighted by Crippen LogP contribution is 2.30. The molecule has 0 spiro atoms.